The molecule has 0 aromatic carbocycles. The Morgan fingerprint density at radius 3 is 2.69 bits per heavy atom. The Morgan fingerprint density at radius 2 is 2.19 bits per heavy atom. The lowest BCUT2D eigenvalue weighted by molar-refractivity contribution is -0.141. The van der Waals surface area contributed by atoms with Crippen LogP contribution < -0.4 is 0 Å². The summed E-state index contributed by atoms with van der Waals surface area (Å²) in [5.74, 6) is -0.302. The zero-order valence-electron chi connectivity index (χ0n) is 9.67. The van der Waals surface area contributed by atoms with Crippen LogP contribution in [0.25, 0.3) is 0 Å². The lowest BCUT2D eigenvalue weighted by Gasteiger charge is -2.24. The van der Waals surface area contributed by atoms with Crippen molar-refractivity contribution in [1.29, 1.82) is 0 Å². The van der Waals surface area contributed by atoms with Gasteiger partial charge >= 0.3 is 12.1 Å². The summed E-state index contributed by atoms with van der Waals surface area (Å²) in [6.07, 6.45) is -0.529. The van der Waals surface area contributed by atoms with E-state index in [4.69, 9.17) is 9.84 Å². The predicted molar refractivity (Wildman–Crippen MR) is 61.4 cm³/mol. The summed E-state index contributed by atoms with van der Waals surface area (Å²) in [5, 5.41) is 8.83. The Hall–Kier alpha value is -0.910. The van der Waals surface area contributed by atoms with Gasteiger partial charge in [-0.3, -0.25) is 4.90 Å². The molecule has 2 unspecified atom stereocenters. The van der Waals surface area contributed by atoms with E-state index >= 15 is 0 Å². The molecule has 1 N–H and O–H groups in total. The van der Waals surface area contributed by atoms with Crippen molar-refractivity contribution in [2.45, 2.75) is 32.2 Å². The number of ether oxygens (including phenoxy) is 1. The van der Waals surface area contributed by atoms with Crippen LogP contribution in [0.1, 0.15) is 20.8 Å². The molecule has 1 amide bonds. The van der Waals surface area contributed by atoms with Crippen molar-refractivity contribution in [3.05, 3.63) is 0 Å². The summed E-state index contributed by atoms with van der Waals surface area (Å²) in [4.78, 5) is 23.9. The Labute approximate surface area is 99.1 Å². The number of amides is 1. The van der Waals surface area contributed by atoms with Gasteiger partial charge in [0, 0.05) is 5.75 Å². The summed E-state index contributed by atoms with van der Waals surface area (Å²) < 4.78 is 5.05. The second-order valence-corrected chi connectivity index (χ2v) is 5.51. The Bertz CT molecular complexity index is 282. The van der Waals surface area contributed by atoms with Gasteiger partial charge in [-0.2, -0.15) is 0 Å². The van der Waals surface area contributed by atoms with E-state index in [9.17, 15) is 9.59 Å². The number of carboxylic acid groups (broad SMARTS) is 1. The molecule has 0 aromatic heterocycles. The quantitative estimate of drug-likeness (QED) is 0.821. The minimum Gasteiger partial charge on any atom is -0.480 e. The van der Waals surface area contributed by atoms with Crippen LogP contribution in [0.15, 0.2) is 0 Å². The van der Waals surface area contributed by atoms with Crippen molar-refractivity contribution in [2.75, 3.05) is 12.4 Å². The molecule has 1 aliphatic rings. The maximum Gasteiger partial charge on any atom is 0.411 e. The highest BCUT2D eigenvalue weighted by atomic mass is 32.2. The van der Waals surface area contributed by atoms with E-state index in [1.807, 2.05) is 20.8 Å². The molecule has 1 rings (SSSR count). The molecule has 16 heavy (non-hydrogen) atoms. The third-order valence-electron chi connectivity index (χ3n) is 2.26. The summed E-state index contributed by atoms with van der Waals surface area (Å²) in [6.45, 7) is 6.00. The number of thioether (sulfide) groups is 1. The normalized spacial score (nSPS) is 24.9. The van der Waals surface area contributed by atoms with Gasteiger partial charge < -0.3 is 9.84 Å². The third-order valence-corrected chi connectivity index (χ3v) is 3.48. The van der Waals surface area contributed by atoms with E-state index < -0.39 is 18.1 Å². The van der Waals surface area contributed by atoms with Gasteiger partial charge in [0.2, 0.25) is 0 Å². The van der Waals surface area contributed by atoms with Crippen LogP contribution >= 0.6 is 11.8 Å². The highest BCUT2D eigenvalue weighted by molar-refractivity contribution is 8.00. The number of hydrogen-bond donors (Lipinski definition) is 1. The number of rotatable bonds is 3. The zero-order valence-corrected chi connectivity index (χ0v) is 10.5. The van der Waals surface area contributed by atoms with Crippen molar-refractivity contribution in [3.63, 3.8) is 0 Å². The SMILES string of the molecule is CC(C)COC(=O)N1C(C)SCC1C(=O)O. The maximum atomic E-state index is 11.7. The van der Waals surface area contributed by atoms with E-state index in [1.54, 1.807) is 0 Å². The zero-order chi connectivity index (χ0) is 12.3. The Balaban J connectivity index is 2.61. The fraction of sp³-hybridized carbons (Fsp3) is 0.800. The molecule has 1 aliphatic heterocycles. The fourth-order valence-corrected chi connectivity index (χ4v) is 2.58. The Morgan fingerprint density at radius 1 is 1.56 bits per heavy atom. The van der Waals surface area contributed by atoms with Crippen molar-refractivity contribution in [2.24, 2.45) is 5.92 Å². The molecule has 1 heterocycles. The number of carbonyl (C=O) groups excluding carboxylic acids is 1. The van der Waals surface area contributed by atoms with Crippen LogP contribution in [-0.4, -0.2) is 45.8 Å². The van der Waals surface area contributed by atoms with Crippen molar-refractivity contribution < 1.29 is 19.4 Å². The average Bonchev–Trinajstić information content (AvgIpc) is 2.56. The van der Waals surface area contributed by atoms with Gasteiger partial charge in [0.25, 0.3) is 0 Å². The highest BCUT2D eigenvalue weighted by Crippen LogP contribution is 2.29. The fourth-order valence-electron chi connectivity index (χ4n) is 1.42. The van der Waals surface area contributed by atoms with Gasteiger partial charge in [-0.25, -0.2) is 9.59 Å². The standard InChI is InChI=1S/C10H17NO4S/c1-6(2)4-15-10(14)11-7(3)16-5-8(11)9(12)13/h6-8H,4-5H2,1-3H3,(H,12,13). The van der Waals surface area contributed by atoms with Crippen molar-refractivity contribution in [1.82, 2.24) is 4.90 Å². The van der Waals surface area contributed by atoms with Crippen LogP contribution in [0.3, 0.4) is 0 Å². The summed E-state index contributed by atoms with van der Waals surface area (Å²) >= 11 is 1.45. The first kappa shape index (κ1) is 13.2. The summed E-state index contributed by atoms with van der Waals surface area (Å²) in [7, 11) is 0. The lowest BCUT2D eigenvalue weighted by Crippen LogP contribution is -2.45. The van der Waals surface area contributed by atoms with Gasteiger partial charge in [-0.15, -0.1) is 11.8 Å². The molecule has 0 spiro atoms. The minimum atomic E-state index is -0.974. The van der Waals surface area contributed by atoms with Crippen molar-refractivity contribution in [3.8, 4) is 0 Å². The monoisotopic (exact) mass is 247 g/mol. The molecule has 1 saturated heterocycles. The number of hydrogen-bond acceptors (Lipinski definition) is 4. The molecule has 0 aromatic rings. The number of carboxylic acids is 1. The highest BCUT2D eigenvalue weighted by Gasteiger charge is 2.40. The topological polar surface area (TPSA) is 66.8 Å². The van der Waals surface area contributed by atoms with Gasteiger partial charge in [0.15, 0.2) is 0 Å². The second kappa shape index (κ2) is 5.43. The van der Waals surface area contributed by atoms with Crippen LogP contribution in [0.5, 0.6) is 0 Å². The average molecular weight is 247 g/mol. The van der Waals surface area contributed by atoms with Gasteiger partial charge in [0.1, 0.15) is 6.04 Å². The minimum absolute atomic E-state index is 0.138. The summed E-state index contributed by atoms with van der Waals surface area (Å²) in [5.41, 5.74) is 0. The molecule has 6 heteroatoms. The molecule has 0 aliphatic carbocycles. The first-order chi connectivity index (χ1) is 7.43. The van der Waals surface area contributed by atoms with Crippen LogP contribution in [-0.2, 0) is 9.53 Å². The molecule has 92 valence electrons. The molecular weight excluding hydrogens is 230 g/mol. The molecule has 5 nitrogen and oxygen atoms in total. The number of aliphatic carboxylic acids is 1. The molecule has 0 bridgehead atoms. The second-order valence-electron chi connectivity index (χ2n) is 4.16. The largest absolute Gasteiger partial charge is 0.480 e. The smallest absolute Gasteiger partial charge is 0.411 e. The van der Waals surface area contributed by atoms with Crippen LogP contribution in [0, 0.1) is 5.92 Å². The Kier molecular flexibility index (Phi) is 4.46. The summed E-state index contributed by atoms with van der Waals surface area (Å²) in [6, 6.07) is -0.764. The molecular formula is C10H17NO4S. The first-order valence-electron chi connectivity index (χ1n) is 5.23. The number of nitrogens with zero attached hydrogens (tertiary/aromatic N) is 1. The van der Waals surface area contributed by atoms with E-state index in [0.29, 0.717) is 12.4 Å². The maximum absolute atomic E-state index is 11.7. The molecule has 1 fully saturated rings. The van der Waals surface area contributed by atoms with E-state index in [2.05, 4.69) is 0 Å². The van der Waals surface area contributed by atoms with E-state index in [-0.39, 0.29) is 11.3 Å². The third kappa shape index (κ3) is 3.04. The van der Waals surface area contributed by atoms with Gasteiger partial charge in [-0.1, -0.05) is 13.8 Å². The van der Waals surface area contributed by atoms with Crippen molar-refractivity contribution >= 4 is 23.8 Å². The molecule has 0 saturated carbocycles. The first-order valence-corrected chi connectivity index (χ1v) is 6.28. The molecule has 0 radical (unpaired) electrons. The predicted octanol–water partition coefficient (Wildman–Crippen LogP) is 1.63. The van der Waals surface area contributed by atoms with Crippen LogP contribution in [0.4, 0.5) is 4.79 Å². The molecule has 2 atom stereocenters. The van der Waals surface area contributed by atoms with E-state index in [1.165, 1.54) is 16.7 Å². The van der Waals surface area contributed by atoms with Gasteiger partial charge in [0.05, 0.1) is 12.0 Å². The van der Waals surface area contributed by atoms with E-state index in [0.717, 1.165) is 0 Å². The van der Waals surface area contributed by atoms with Crippen LogP contribution in [0.2, 0.25) is 0 Å². The number of carbonyl (C=O) groups is 2. The van der Waals surface area contributed by atoms with Gasteiger partial charge in [-0.05, 0) is 12.8 Å². The lowest BCUT2D eigenvalue weighted by atomic mass is 10.2.